The van der Waals surface area contributed by atoms with E-state index >= 15 is 0 Å². The highest BCUT2D eigenvalue weighted by Crippen LogP contribution is 2.20. The average molecular weight is 279 g/mol. The van der Waals surface area contributed by atoms with Crippen LogP contribution >= 0.6 is 0 Å². The molecule has 1 fully saturated rings. The van der Waals surface area contributed by atoms with Crippen molar-refractivity contribution in [2.75, 3.05) is 13.2 Å². The van der Waals surface area contributed by atoms with Gasteiger partial charge in [0.25, 0.3) is 0 Å². The lowest BCUT2D eigenvalue weighted by Crippen LogP contribution is -2.22. The molecule has 1 aromatic heterocycles. The van der Waals surface area contributed by atoms with E-state index in [9.17, 15) is 0 Å². The van der Waals surface area contributed by atoms with Crippen LogP contribution in [0.1, 0.15) is 51.6 Å². The summed E-state index contributed by atoms with van der Waals surface area (Å²) in [6.45, 7) is 8.10. The third kappa shape index (κ3) is 5.25. The molecule has 0 aliphatic heterocycles. The first-order valence-electron chi connectivity index (χ1n) is 8.07. The Bertz CT molecular complexity index is 370. The van der Waals surface area contributed by atoms with Crippen molar-refractivity contribution in [2.24, 2.45) is 5.92 Å². The first kappa shape index (κ1) is 15.5. The summed E-state index contributed by atoms with van der Waals surface area (Å²) < 4.78 is 8.19. The van der Waals surface area contributed by atoms with Gasteiger partial charge in [-0.2, -0.15) is 0 Å². The van der Waals surface area contributed by atoms with Gasteiger partial charge in [-0.15, -0.1) is 0 Å². The molecular formula is C16H29N3O. The minimum absolute atomic E-state index is 0.495. The quantitative estimate of drug-likeness (QED) is 0.795. The van der Waals surface area contributed by atoms with Crippen LogP contribution in [0.3, 0.4) is 0 Å². The van der Waals surface area contributed by atoms with Gasteiger partial charge in [-0.3, -0.25) is 0 Å². The molecule has 0 unspecified atom stereocenters. The molecule has 0 aromatic carbocycles. The summed E-state index contributed by atoms with van der Waals surface area (Å²) in [4.78, 5) is 4.25. The zero-order valence-electron chi connectivity index (χ0n) is 13.0. The number of ether oxygens (including phenoxy) is 1. The minimum atomic E-state index is 0.495. The molecular weight excluding hydrogens is 250 g/mol. The van der Waals surface area contributed by atoms with Crippen LogP contribution in [-0.4, -0.2) is 28.8 Å². The van der Waals surface area contributed by atoms with E-state index in [4.69, 9.17) is 4.74 Å². The van der Waals surface area contributed by atoms with Gasteiger partial charge in [-0.1, -0.05) is 33.1 Å². The first-order valence-corrected chi connectivity index (χ1v) is 8.07. The topological polar surface area (TPSA) is 39.1 Å². The lowest BCUT2D eigenvalue weighted by atomic mass is 9.98. The van der Waals surface area contributed by atoms with Crippen LogP contribution in [0, 0.1) is 5.92 Å². The molecule has 2 rings (SSSR count). The second-order valence-electron chi connectivity index (χ2n) is 6.23. The second kappa shape index (κ2) is 8.42. The van der Waals surface area contributed by atoms with Gasteiger partial charge < -0.3 is 14.6 Å². The fourth-order valence-electron chi connectivity index (χ4n) is 2.74. The fourth-order valence-corrected chi connectivity index (χ4v) is 2.74. The van der Waals surface area contributed by atoms with Crippen molar-refractivity contribution in [1.29, 1.82) is 0 Å². The van der Waals surface area contributed by atoms with E-state index in [-0.39, 0.29) is 0 Å². The molecule has 4 heteroatoms. The van der Waals surface area contributed by atoms with E-state index in [2.05, 4.69) is 28.7 Å². The molecule has 1 aliphatic rings. The van der Waals surface area contributed by atoms with Gasteiger partial charge in [0.1, 0.15) is 0 Å². The maximum Gasteiger partial charge on any atom is 0.0949 e. The molecule has 0 atom stereocenters. The molecule has 0 saturated heterocycles. The Labute approximate surface area is 122 Å². The third-order valence-electron chi connectivity index (χ3n) is 3.90. The van der Waals surface area contributed by atoms with Crippen LogP contribution in [0.2, 0.25) is 0 Å². The minimum Gasteiger partial charge on any atom is -0.376 e. The van der Waals surface area contributed by atoms with E-state index < -0.39 is 0 Å². The molecule has 1 heterocycles. The molecule has 4 nitrogen and oxygen atoms in total. The van der Waals surface area contributed by atoms with Gasteiger partial charge in [-0.05, 0) is 25.3 Å². The smallest absolute Gasteiger partial charge is 0.0949 e. The number of aromatic nitrogens is 2. The fraction of sp³-hybridized carbons (Fsp3) is 0.812. The van der Waals surface area contributed by atoms with E-state index in [1.165, 1.54) is 37.8 Å². The molecule has 20 heavy (non-hydrogen) atoms. The van der Waals surface area contributed by atoms with Crippen LogP contribution in [-0.2, 0) is 17.8 Å². The molecule has 1 aliphatic carbocycles. The van der Waals surface area contributed by atoms with Crippen molar-refractivity contribution in [3.63, 3.8) is 0 Å². The van der Waals surface area contributed by atoms with Crippen LogP contribution in [0.25, 0.3) is 0 Å². The summed E-state index contributed by atoms with van der Waals surface area (Å²) in [7, 11) is 0. The highest BCUT2D eigenvalue weighted by Gasteiger charge is 2.13. The predicted octanol–water partition coefficient (Wildman–Crippen LogP) is 2.98. The Hall–Kier alpha value is -0.870. The lowest BCUT2D eigenvalue weighted by Gasteiger charge is -2.22. The standard InChI is InChI=1S/C16H29N3O/c1-14(2)10-17-11-15-12-18-13-19(15)8-9-20-16-6-4-3-5-7-16/h12-14,16-17H,3-11H2,1-2H3. The van der Waals surface area contributed by atoms with E-state index in [0.717, 1.165) is 26.2 Å². The van der Waals surface area contributed by atoms with Gasteiger partial charge in [-0.25, -0.2) is 4.98 Å². The van der Waals surface area contributed by atoms with Crippen LogP contribution < -0.4 is 5.32 Å². The van der Waals surface area contributed by atoms with Crippen LogP contribution in [0.5, 0.6) is 0 Å². The number of rotatable bonds is 8. The highest BCUT2D eigenvalue weighted by atomic mass is 16.5. The maximum absolute atomic E-state index is 5.98. The summed E-state index contributed by atoms with van der Waals surface area (Å²) in [5.41, 5.74) is 1.25. The highest BCUT2D eigenvalue weighted by molar-refractivity contribution is 4.97. The number of hydrogen-bond acceptors (Lipinski definition) is 3. The normalized spacial score (nSPS) is 16.9. The summed E-state index contributed by atoms with van der Waals surface area (Å²) in [5, 5.41) is 3.47. The molecule has 1 saturated carbocycles. The summed E-state index contributed by atoms with van der Waals surface area (Å²) in [5.74, 6) is 0.681. The van der Waals surface area contributed by atoms with Gasteiger partial charge in [0.2, 0.25) is 0 Å². The Morgan fingerprint density at radius 3 is 2.90 bits per heavy atom. The number of hydrogen-bond donors (Lipinski definition) is 1. The van der Waals surface area contributed by atoms with E-state index in [0.29, 0.717) is 12.0 Å². The molecule has 0 spiro atoms. The van der Waals surface area contributed by atoms with Crippen molar-refractivity contribution in [3.05, 3.63) is 18.2 Å². The van der Waals surface area contributed by atoms with Crippen LogP contribution in [0.15, 0.2) is 12.5 Å². The van der Waals surface area contributed by atoms with Gasteiger partial charge in [0, 0.05) is 19.3 Å². The van der Waals surface area contributed by atoms with E-state index in [1.54, 1.807) is 0 Å². The van der Waals surface area contributed by atoms with E-state index in [1.807, 2.05) is 12.5 Å². The van der Waals surface area contributed by atoms with Crippen molar-refractivity contribution in [1.82, 2.24) is 14.9 Å². The van der Waals surface area contributed by atoms with Gasteiger partial charge >= 0.3 is 0 Å². The first-order chi connectivity index (χ1) is 9.75. The van der Waals surface area contributed by atoms with Crippen LogP contribution in [0.4, 0.5) is 0 Å². The van der Waals surface area contributed by atoms with Crippen molar-refractivity contribution in [3.8, 4) is 0 Å². The SMILES string of the molecule is CC(C)CNCc1cncn1CCOC1CCCCC1. The Kier molecular flexibility index (Phi) is 6.54. The Morgan fingerprint density at radius 1 is 1.35 bits per heavy atom. The van der Waals surface area contributed by atoms with Gasteiger partial charge in [0.15, 0.2) is 0 Å². The average Bonchev–Trinajstić information content (AvgIpc) is 2.87. The summed E-state index contributed by atoms with van der Waals surface area (Å²) >= 11 is 0. The molecule has 0 amide bonds. The second-order valence-corrected chi connectivity index (χ2v) is 6.23. The Balaban J connectivity index is 1.68. The maximum atomic E-state index is 5.98. The molecule has 0 radical (unpaired) electrons. The monoisotopic (exact) mass is 279 g/mol. The van der Waals surface area contributed by atoms with Gasteiger partial charge in [0.05, 0.1) is 24.7 Å². The molecule has 0 bridgehead atoms. The largest absolute Gasteiger partial charge is 0.376 e. The molecule has 114 valence electrons. The van der Waals surface area contributed by atoms with Crippen molar-refractivity contribution >= 4 is 0 Å². The molecule has 1 N–H and O–H groups in total. The number of nitrogens with one attached hydrogen (secondary N) is 1. The lowest BCUT2D eigenvalue weighted by molar-refractivity contribution is 0.0238. The summed E-state index contributed by atoms with van der Waals surface area (Å²) in [6, 6.07) is 0. The predicted molar refractivity (Wildman–Crippen MR) is 81.6 cm³/mol. The molecule has 1 aromatic rings. The summed E-state index contributed by atoms with van der Waals surface area (Å²) in [6.07, 6.45) is 10.9. The zero-order valence-corrected chi connectivity index (χ0v) is 13.0. The van der Waals surface area contributed by atoms with Crippen molar-refractivity contribution < 1.29 is 4.74 Å². The van der Waals surface area contributed by atoms with Crippen molar-refractivity contribution in [2.45, 2.75) is 65.1 Å². The number of imidazole rings is 1. The third-order valence-corrected chi connectivity index (χ3v) is 3.90. The number of nitrogens with zero attached hydrogens (tertiary/aromatic N) is 2. The zero-order chi connectivity index (χ0) is 14.2. The Morgan fingerprint density at radius 2 is 2.15 bits per heavy atom.